The Morgan fingerprint density at radius 2 is 1.81 bits per heavy atom. The topological polar surface area (TPSA) is 91.8 Å². The SMILES string of the molecule is CS(=O)(=O)CC1(CC(=O)N2CCC(CC(=O)O)CC2)CC1. The van der Waals surface area contributed by atoms with E-state index >= 15 is 0 Å². The number of likely N-dealkylation sites (tertiary alicyclic amines) is 1. The number of hydrogen-bond donors (Lipinski definition) is 1. The number of carboxylic acids is 1. The monoisotopic (exact) mass is 317 g/mol. The van der Waals surface area contributed by atoms with E-state index in [9.17, 15) is 18.0 Å². The summed E-state index contributed by atoms with van der Waals surface area (Å²) in [5.74, 6) is -0.520. The van der Waals surface area contributed by atoms with E-state index in [0.717, 1.165) is 25.7 Å². The molecular weight excluding hydrogens is 294 g/mol. The van der Waals surface area contributed by atoms with Gasteiger partial charge in [-0.25, -0.2) is 8.42 Å². The molecule has 0 atom stereocenters. The minimum atomic E-state index is -3.05. The third kappa shape index (κ3) is 4.98. The molecule has 1 heterocycles. The van der Waals surface area contributed by atoms with E-state index in [1.54, 1.807) is 4.90 Å². The van der Waals surface area contributed by atoms with Gasteiger partial charge in [0, 0.05) is 32.2 Å². The molecule has 0 spiro atoms. The minimum absolute atomic E-state index is 0.0184. The van der Waals surface area contributed by atoms with Crippen molar-refractivity contribution in [2.75, 3.05) is 25.1 Å². The van der Waals surface area contributed by atoms with Crippen molar-refractivity contribution in [3.8, 4) is 0 Å². The Morgan fingerprint density at radius 3 is 2.24 bits per heavy atom. The fourth-order valence-electron chi connectivity index (χ4n) is 3.17. The largest absolute Gasteiger partial charge is 0.481 e. The molecule has 1 N–H and O–H groups in total. The summed E-state index contributed by atoms with van der Waals surface area (Å²) in [5, 5.41) is 8.77. The molecular formula is C14H23NO5S. The van der Waals surface area contributed by atoms with Crippen molar-refractivity contribution in [3.63, 3.8) is 0 Å². The van der Waals surface area contributed by atoms with Crippen LogP contribution in [0.15, 0.2) is 0 Å². The molecule has 1 aliphatic carbocycles. The van der Waals surface area contributed by atoms with Crippen LogP contribution in [0, 0.1) is 11.3 Å². The minimum Gasteiger partial charge on any atom is -0.481 e. The Morgan fingerprint density at radius 1 is 1.24 bits per heavy atom. The molecule has 1 amide bonds. The quantitative estimate of drug-likeness (QED) is 0.786. The van der Waals surface area contributed by atoms with Gasteiger partial charge in [0.1, 0.15) is 9.84 Å². The van der Waals surface area contributed by atoms with E-state index in [1.807, 2.05) is 0 Å². The Bertz CT molecular complexity index is 515. The summed E-state index contributed by atoms with van der Waals surface area (Å²) in [6.07, 6.45) is 4.75. The number of carbonyl (C=O) groups is 2. The number of carbonyl (C=O) groups excluding carboxylic acids is 1. The predicted molar refractivity (Wildman–Crippen MR) is 77.6 cm³/mol. The molecule has 21 heavy (non-hydrogen) atoms. The van der Waals surface area contributed by atoms with Crippen LogP contribution in [0.4, 0.5) is 0 Å². The van der Waals surface area contributed by atoms with E-state index < -0.39 is 15.8 Å². The molecule has 0 unspecified atom stereocenters. The van der Waals surface area contributed by atoms with Crippen LogP contribution >= 0.6 is 0 Å². The third-order valence-electron chi connectivity index (χ3n) is 4.48. The first-order valence-corrected chi connectivity index (χ1v) is 9.42. The van der Waals surface area contributed by atoms with E-state index in [2.05, 4.69) is 0 Å². The number of carboxylic acid groups (broad SMARTS) is 1. The van der Waals surface area contributed by atoms with E-state index in [0.29, 0.717) is 19.5 Å². The Hall–Kier alpha value is -1.11. The summed E-state index contributed by atoms with van der Waals surface area (Å²) in [5.41, 5.74) is -0.331. The second kappa shape index (κ2) is 5.94. The number of hydrogen-bond acceptors (Lipinski definition) is 4. The van der Waals surface area contributed by atoms with Gasteiger partial charge in [0.2, 0.25) is 5.91 Å². The fraction of sp³-hybridized carbons (Fsp3) is 0.857. The standard InChI is InChI=1S/C14H23NO5S/c1-21(19,20)10-14(4-5-14)9-12(16)15-6-2-11(3-7-15)8-13(17)18/h11H,2-10H2,1H3,(H,17,18). The lowest BCUT2D eigenvalue weighted by Crippen LogP contribution is -2.40. The van der Waals surface area contributed by atoms with Gasteiger partial charge < -0.3 is 10.0 Å². The maximum Gasteiger partial charge on any atom is 0.303 e. The molecule has 0 aromatic carbocycles. The lowest BCUT2D eigenvalue weighted by molar-refractivity contribution is -0.138. The third-order valence-corrected chi connectivity index (χ3v) is 5.62. The van der Waals surface area contributed by atoms with Gasteiger partial charge in [-0.2, -0.15) is 0 Å². The van der Waals surface area contributed by atoms with Crippen LogP contribution in [0.5, 0.6) is 0 Å². The van der Waals surface area contributed by atoms with Crippen molar-refractivity contribution < 1.29 is 23.1 Å². The summed E-state index contributed by atoms with van der Waals surface area (Å²) in [4.78, 5) is 24.7. The summed E-state index contributed by atoms with van der Waals surface area (Å²) in [6.45, 7) is 1.18. The van der Waals surface area contributed by atoms with Crippen LogP contribution in [-0.4, -0.2) is 55.4 Å². The number of piperidine rings is 1. The summed E-state index contributed by atoms with van der Waals surface area (Å²) >= 11 is 0. The van der Waals surface area contributed by atoms with E-state index in [1.165, 1.54) is 6.26 Å². The van der Waals surface area contributed by atoms with Crippen LogP contribution in [0.2, 0.25) is 0 Å². The van der Waals surface area contributed by atoms with Crippen molar-refractivity contribution >= 4 is 21.7 Å². The van der Waals surface area contributed by atoms with Gasteiger partial charge in [0.15, 0.2) is 0 Å². The first-order valence-electron chi connectivity index (χ1n) is 7.36. The molecule has 0 radical (unpaired) electrons. The van der Waals surface area contributed by atoms with Gasteiger partial charge in [-0.15, -0.1) is 0 Å². The van der Waals surface area contributed by atoms with Crippen molar-refractivity contribution in [2.24, 2.45) is 11.3 Å². The average Bonchev–Trinajstić information content (AvgIpc) is 3.05. The molecule has 0 aromatic rings. The summed E-state index contributed by atoms with van der Waals surface area (Å²) < 4.78 is 22.8. The highest BCUT2D eigenvalue weighted by atomic mass is 32.2. The smallest absolute Gasteiger partial charge is 0.303 e. The van der Waals surface area contributed by atoms with E-state index in [4.69, 9.17) is 5.11 Å². The first kappa shape index (κ1) is 16.3. The average molecular weight is 317 g/mol. The van der Waals surface area contributed by atoms with Gasteiger partial charge in [-0.1, -0.05) is 0 Å². The van der Waals surface area contributed by atoms with E-state index in [-0.39, 0.29) is 29.4 Å². The second-order valence-electron chi connectivity index (χ2n) is 6.67. The molecule has 1 saturated carbocycles. The Balaban J connectivity index is 1.82. The second-order valence-corrected chi connectivity index (χ2v) is 8.81. The predicted octanol–water partition coefficient (Wildman–Crippen LogP) is 0.915. The zero-order valence-electron chi connectivity index (χ0n) is 12.4. The fourth-order valence-corrected chi connectivity index (χ4v) is 4.67. The van der Waals surface area contributed by atoms with Crippen LogP contribution in [-0.2, 0) is 19.4 Å². The lowest BCUT2D eigenvalue weighted by atomic mass is 9.93. The molecule has 1 aliphatic heterocycles. The van der Waals surface area contributed by atoms with Gasteiger partial charge in [0.25, 0.3) is 0 Å². The number of aliphatic carboxylic acids is 1. The highest BCUT2D eigenvalue weighted by Crippen LogP contribution is 2.50. The molecule has 0 bridgehead atoms. The maximum absolute atomic E-state index is 12.3. The molecule has 2 aliphatic rings. The van der Waals surface area contributed by atoms with Gasteiger partial charge in [-0.05, 0) is 37.0 Å². The zero-order valence-corrected chi connectivity index (χ0v) is 13.2. The normalized spacial score (nSPS) is 22.0. The molecule has 120 valence electrons. The molecule has 7 heteroatoms. The van der Waals surface area contributed by atoms with Crippen molar-refractivity contribution in [1.29, 1.82) is 0 Å². The number of rotatable bonds is 6. The number of amides is 1. The summed E-state index contributed by atoms with van der Waals surface area (Å²) in [6, 6.07) is 0. The Kier molecular flexibility index (Phi) is 4.60. The Labute approximate surface area is 125 Å². The molecule has 1 saturated heterocycles. The number of sulfone groups is 1. The van der Waals surface area contributed by atoms with Crippen LogP contribution in [0.1, 0.15) is 38.5 Å². The highest BCUT2D eigenvalue weighted by molar-refractivity contribution is 7.90. The van der Waals surface area contributed by atoms with Crippen molar-refractivity contribution in [2.45, 2.75) is 38.5 Å². The summed E-state index contributed by atoms with van der Waals surface area (Å²) in [7, 11) is -3.05. The van der Waals surface area contributed by atoms with Gasteiger partial charge >= 0.3 is 5.97 Å². The molecule has 0 aromatic heterocycles. The van der Waals surface area contributed by atoms with Crippen LogP contribution < -0.4 is 0 Å². The first-order chi connectivity index (χ1) is 9.69. The molecule has 6 nitrogen and oxygen atoms in total. The molecule has 2 rings (SSSR count). The highest BCUT2D eigenvalue weighted by Gasteiger charge is 2.47. The van der Waals surface area contributed by atoms with Crippen molar-refractivity contribution in [3.05, 3.63) is 0 Å². The van der Waals surface area contributed by atoms with Crippen LogP contribution in [0.25, 0.3) is 0 Å². The zero-order chi connectivity index (χ0) is 15.7. The number of nitrogens with zero attached hydrogens (tertiary/aromatic N) is 1. The lowest BCUT2D eigenvalue weighted by Gasteiger charge is -2.32. The van der Waals surface area contributed by atoms with Gasteiger partial charge in [0.05, 0.1) is 5.75 Å². The maximum atomic E-state index is 12.3. The van der Waals surface area contributed by atoms with Crippen molar-refractivity contribution in [1.82, 2.24) is 4.90 Å². The van der Waals surface area contributed by atoms with Crippen LogP contribution in [0.3, 0.4) is 0 Å². The molecule has 2 fully saturated rings. The van der Waals surface area contributed by atoms with Gasteiger partial charge in [-0.3, -0.25) is 9.59 Å².